The third-order valence-electron chi connectivity index (χ3n) is 5.19. The van der Waals surface area contributed by atoms with E-state index in [-0.39, 0.29) is 5.82 Å². The summed E-state index contributed by atoms with van der Waals surface area (Å²) in [5, 5.41) is 13.0. The lowest BCUT2D eigenvalue weighted by molar-refractivity contribution is 0.249. The molecule has 0 saturated carbocycles. The normalized spacial score (nSPS) is 15.1. The number of piperazine rings is 1. The molecule has 0 unspecified atom stereocenters. The number of pyridine rings is 1. The molecule has 29 heavy (non-hydrogen) atoms. The maximum Gasteiger partial charge on any atom is 0.188 e. The van der Waals surface area contributed by atoms with Crippen molar-refractivity contribution in [2.75, 3.05) is 31.1 Å². The molecule has 4 aromatic rings. The summed E-state index contributed by atoms with van der Waals surface area (Å²) in [5.74, 6) is 0.920. The Morgan fingerprint density at radius 1 is 0.897 bits per heavy atom. The van der Waals surface area contributed by atoms with Crippen molar-refractivity contribution in [2.24, 2.45) is 0 Å². The van der Waals surface area contributed by atoms with E-state index < -0.39 is 0 Å². The van der Waals surface area contributed by atoms with Crippen LogP contribution in [0.2, 0.25) is 0 Å². The van der Waals surface area contributed by atoms with Crippen LogP contribution in [0.1, 0.15) is 5.56 Å². The van der Waals surface area contributed by atoms with Crippen molar-refractivity contribution in [3.63, 3.8) is 0 Å². The van der Waals surface area contributed by atoms with Gasteiger partial charge >= 0.3 is 0 Å². The van der Waals surface area contributed by atoms with Gasteiger partial charge in [0.15, 0.2) is 11.5 Å². The van der Waals surface area contributed by atoms with Gasteiger partial charge < -0.3 is 4.90 Å². The smallest absolute Gasteiger partial charge is 0.188 e. The van der Waals surface area contributed by atoms with E-state index in [1.807, 2.05) is 24.4 Å². The maximum atomic E-state index is 14.2. The number of aromatic nitrogens is 5. The standard InChI is InChI=1S/C21H20FN7/c22-18-6-2-1-5-17(18)21-25-24-19-7-8-20(26-29(19)21)28-12-10-27(11-13-28)15-16-4-3-9-23-14-16/h1-9,14H,10-13,15H2. The van der Waals surface area contributed by atoms with Crippen molar-refractivity contribution in [3.05, 3.63) is 72.3 Å². The molecule has 0 radical (unpaired) electrons. The lowest BCUT2D eigenvalue weighted by Crippen LogP contribution is -2.46. The van der Waals surface area contributed by atoms with Crippen LogP contribution in [0.4, 0.5) is 10.2 Å². The van der Waals surface area contributed by atoms with Gasteiger partial charge in [-0.25, -0.2) is 4.39 Å². The second kappa shape index (κ2) is 7.56. The summed E-state index contributed by atoms with van der Waals surface area (Å²) < 4.78 is 15.8. The van der Waals surface area contributed by atoms with E-state index in [1.165, 1.54) is 11.6 Å². The Morgan fingerprint density at radius 2 is 1.76 bits per heavy atom. The van der Waals surface area contributed by atoms with E-state index in [1.54, 1.807) is 28.9 Å². The lowest BCUT2D eigenvalue weighted by atomic mass is 10.2. The summed E-state index contributed by atoms with van der Waals surface area (Å²) in [4.78, 5) is 8.84. The van der Waals surface area contributed by atoms with Crippen LogP contribution < -0.4 is 4.90 Å². The van der Waals surface area contributed by atoms with Gasteiger partial charge in [-0.15, -0.1) is 15.3 Å². The molecule has 7 nitrogen and oxygen atoms in total. The highest BCUT2D eigenvalue weighted by atomic mass is 19.1. The molecule has 1 aromatic carbocycles. The van der Waals surface area contributed by atoms with Crippen molar-refractivity contribution in [1.82, 2.24) is 29.7 Å². The fourth-order valence-electron chi connectivity index (χ4n) is 3.64. The van der Waals surface area contributed by atoms with Crippen LogP contribution in [0.5, 0.6) is 0 Å². The SMILES string of the molecule is Fc1ccccc1-c1nnc2ccc(N3CCN(Cc4cccnc4)CC3)nn12. The zero-order valence-electron chi connectivity index (χ0n) is 15.8. The average molecular weight is 389 g/mol. The summed E-state index contributed by atoms with van der Waals surface area (Å²) in [7, 11) is 0. The first-order chi connectivity index (χ1) is 14.3. The first-order valence-corrected chi connectivity index (χ1v) is 9.61. The van der Waals surface area contributed by atoms with Gasteiger partial charge in [-0.2, -0.15) is 4.52 Å². The first-order valence-electron chi connectivity index (χ1n) is 9.61. The molecular weight excluding hydrogens is 369 g/mol. The van der Waals surface area contributed by atoms with E-state index in [0.717, 1.165) is 38.5 Å². The zero-order chi connectivity index (χ0) is 19.6. The molecular formula is C21H20FN7. The van der Waals surface area contributed by atoms with Gasteiger partial charge in [0, 0.05) is 45.1 Å². The number of anilines is 1. The molecule has 0 atom stereocenters. The van der Waals surface area contributed by atoms with Crippen molar-refractivity contribution in [1.29, 1.82) is 0 Å². The molecule has 0 amide bonds. The first kappa shape index (κ1) is 17.7. The molecule has 146 valence electrons. The van der Waals surface area contributed by atoms with E-state index in [0.29, 0.717) is 17.0 Å². The Labute approximate surface area is 167 Å². The molecule has 1 aliphatic heterocycles. The zero-order valence-corrected chi connectivity index (χ0v) is 15.8. The van der Waals surface area contributed by atoms with Gasteiger partial charge in [0.2, 0.25) is 0 Å². The number of nitrogens with zero attached hydrogens (tertiary/aromatic N) is 7. The molecule has 3 aromatic heterocycles. The second-order valence-corrected chi connectivity index (χ2v) is 7.09. The maximum absolute atomic E-state index is 14.2. The summed E-state index contributed by atoms with van der Waals surface area (Å²) in [5.41, 5.74) is 2.22. The van der Waals surface area contributed by atoms with Crippen molar-refractivity contribution in [2.45, 2.75) is 6.54 Å². The molecule has 5 rings (SSSR count). The van der Waals surface area contributed by atoms with E-state index in [9.17, 15) is 4.39 Å². The van der Waals surface area contributed by atoms with Gasteiger partial charge in [0.05, 0.1) is 5.56 Å². The highest BCUT2D eigenvalue weighted by molar-refractivity contribution is 5.60. The van der Waals surface area contributed by atoms with Gasteiger partial charge in [-0.05, 0) is 35.9 Å². The lowest BCUT2D eigenvalue weighted by Gasteiger charge is -2.35. The van der Waals surface area contributed by atoms with Gasteiger partial charge in [0.25, 0.3) is 0 Å². The molecule has 0 N–H and O–H groups in total. The van der Waals surface area contributed by atoms with Crippen LogP contribution in [0.15, 0.2) is 60.9 Å². The number of hydrogen-bond acceptors (Lipinski definition) is 6. The fourth-order valence-corrected chi connectivity index (χ4v) is 3.64. The van der Waals surface area contributed by atoms with E-state index in [2.05, 4.69) is 31.0 Å². The van der Waals surface area contributed by atoms with Crippen molar-refractivity contribution >= 4 is 11.5 Å². The average Bonchev–Trinajstić information content (AvgIpc) is 3.18. The Hall–Kier alpha value is -3.39. The Morgan fingerprint density at radius 3 is 2.55 bits per heavy atom. The Kier molecular flexibility index (Phi) is 4.61. The molecule has 1 aliphatic rings. The molecule has 0 aliphatic carbocycles. The third-order valence-corrected chi connectivity index (χ3v) is 5.19. The van der Waals surface area contributed by atoms with Crippen LogP contribution in [0.25, 0.3) is 17.0 Å². The minimum absolute atomic E-state index is 0.335. The van der Waals surface area contributed by atoms with Crippen LogP contribution in [-0.4, -0.2) is 55.9 Å². The number of benzene rings is 1. The predicted octanol–water partition coefficient (Wildman–Crippen LogP) is 2.65. The topological polar surface area (TPSA) is 62.5 Å². The molecule has 1 saturated heterocycles. The van der Waals surface area contributed by atoms with Crippen LogP contribution in [-0.2, 0) is 6.54 Å². The minimum Gasteiger partial charge on any atom is -0.353 e. The summed E-state index contributed by atoms with van der Waals surface area (Å²) in [6, 6.07) is 14.4. The predicted molar refractivity (Wildman–Crippen MR) is 108 cm³/mol. The third kappa shape index (κ3) is 3.54. The molecule has 1 fully saturated rings. The monoisotopic (exact) mass is 389 g/mol. The molecule has 0 bridgehead atoms. The number of rotatable bonds is 4. The van der Waals surface area contributed by atoms with Crippen molar-refractivity contribution < 1.29 is 4.39 Å². The van der Waals surface area contributed by atoms with Gasteiger partial charge in [0.1, 0.15) is 11.6 Å². The number of fused-ring (bicyclic) bond motifs is 1. The van der Waals surface area contributed by atoms with E-state index in [4.69, 9.17) is 5.10 Å². The largest absolute Gasteiger partial charge is 0.353 e. The van der Waals surface area contributed by atoms with Crippen molar-refractivity contribution in [3.8, 4) is 11.4 Å². The summed E-state index contributed by atoms with van der Waals surface area (Å²) in [6.07, 6.45) is 3.71. The van der Waals surface area contributed by atoms with Crippen LogP contribution in [0, 0.1) is 5.82 Å². The van der Waals surface area contributed by atoms with Crippen LogP contribution >= 0.6 is 0 Å². The number of halogens is 1. The van der Waals surface area contributed by atoms with Crippen LogP contribution in [0.3, 0.4) is 0 Å². The Bertz CT molecular complexity index is 1120. The second-order valence-electron chi connectivity index (χ2n) is 7.09. The molecule has 4 heterocycles. The summed E-state index contributed by atoms with van der Waals surface area (Å²) in [6.45, 7) is 4.52. The number of hydrogen-bond donors (Lipinski definition) is 0. The quantitative estimate of drug-likeness (QED) is 0.535. The van der Waals surface area contributed by atoms with E-state index >= 15 is 0 Å². The molecule has 8 heteroatoms. The fraction of sp³-hybridized carbons (Fsp3) is 0.238. The Balaban J connectivity index is 1.35. The van der Waals surface area contributed by atoms with Gasteiger partial charge in [-0.1, -0.05) is 18.2 Å². The van der Waals surface area contributed by atoms with Gasteiger partial charge in [-0.3, -0.25) is 9.88 Å². The highest BCUT2D eigenvalue weighted by Gasteiger charge is 2.20. The minimum atomic E-state index is -0.335. The summed E-state index contributed by atoms with van der Waals surface area (Å²) >= 11 is 0. The molecule has 0 spiro atoms. The highest BCUT2D eigenvalue weighted by Crippen LogP contribution is 2.22.